The molecule has 0 amide bonds. The van der Waals surface area contributed by atoms with E-state index in [1.165, 1.54) is 10.8 Å². The van der Waals surface area contributed by atoms with Gasteiger partial charge in [0.25, 0.3) is 0 Å². The number of rotatable bonds is 1. The highest BCUT2D eigenvalue weighted by molar-refractivity contribution is 9.10. The molecule has 0 fully saturated rings. The first-order valence-corrected chi connectivity index (χ1v) is 5.19. The average Bonchev–Trinajstić information content (AvgIpc) is 2.43. The Morgan fingerprint density at radius 2 is 2.13 bits per heavy atom. The van der Waals surface area contributed by atoms with Crippen LogP contribution in [0.3, 0.4) is 0 Å². The molecule has 0 saturated carbocycles. The van der Waals surface area contributed by atoms with Crippen molar-refractivity contribution in [3.8, 4) is 0 Å². The van der Waals surface area contributed by atoms with Crippen LogP contribution in [0.15, 0.2) is 16.9 Å². The van der Waals surface area contributed by atoms with Gasteiger partial charge in [0.2, 0.25) is 0 Å². The van der Waals surface area contributed by atoms with Crippen molar-refractivity contribution < 1.29 is 14.3 Å². The Hall–Kier alpha value is -1.10. The van der Waals surface area contributed by atoms with E-state index in [1.54, 1.807) is 26.8 Å². The molecule has 0 spiro atoms. The van der Waals surface area contributed by atoms with Crippen LogP contribution in [0.1, 0.15) is 31.1 Å². The van der Waals surface area contributed by atoms with Gasteiger partial charge < -0.3 is 4.74 Å². The second kappa shape index (κ2) is 4.18. The quantitative estimate of drug-likeness (QED) is 0.740. The maximum Gasteiger partial charge on any atom is 0.419 e. The summed E-state index contributed by atoms with van der Waals surface area (Å²) in [6, 6.07) is 1.55. The standard InChI is InChI=1S/C10H12BrNO3/c1-10(2,3)15-9(14)12-5-7(6-13)4-8(12)11/h4-6H,1-3H3. The fraction of sp³-hybridized carbons (Fsp3) is 0.400. The molecule has 0 aliphatic rings. The van der Waals surface area contributed by atoms with Gasteiger partial charge in [0, 0.05) is 11.8 Å². The molecule has 0 aromatic carbocycles. The van der Waals surface area contributed by atoms with Gasteiger partial charge in [0.1, 0.15) is 5.60 Å². The van der Waals surface area contributed by atoms with E-state index in [-0.39, 0.29) is 0 Å². The molecule has 15 heavy (non-hydrogen) atoms. The molecule has 4 nitrogen and oxygen atoms in total. The van der Waals surface area contributed by atoms with Gasteiger partial charge in [0.15, 0.2) is 6.29 Å². The molecule has 0 bridgehead atoms. The highest BCUT2D eigenvalue weighted by atomic mass is 79.9. The second-order valence-corrected chi connectivity index (χ2v) is 4.88. The third-order valence-corrected chi connectivity index (χ3v) is 2.13. The smallest absolute Gasteiger partial charge is 0.419 e. The lowest BCUT2D eigenvalue weighted by Gasteiger charge is -2.19. The van der Waals surface area contributed by atoms with Gasteiger partial charge in [-0.1, -0.05) is 0 Å². The van der Waals surface area contributed by atoms with Crippen molar-refractivity contribution in [2.75, 3.05) is 0 Å². The zero-order chi connectivity index (χ0) is 11.6. The van der Waals surface area contributed by atoms with Gasteiger partial charge in [-0.3, -0.25) is 4.79 Å². The lowest BCUT2D eigenvalue weighted by Crippen LogP contribution is -2.26. The van der Waals surface area contributed by atoms with Crippen molar-refractivity contribution in [1.82, 2.24) is 4.57 Å². The normalized spacial score (nSPS) is 11.2. The maximum absolute atomic E-state index is 11.6. The number of nitrogens with zero attached hydrogens (tertiary/aromatic N) is 1. The van der Waals surface area contributed by atoms with E-state index in [0.29, 0.717) is 16.5 Å². The molecular weight excluding hydrogens is 262 g/mol. The maximum atomic E-state index is 11.6. The summed E-state index contributed by atoms with van der Waals surface area (Å²) in [5, 5.41) is 0. The summed E-state index contributed by atoms with van der Waals surface area (Å²) in [4.78, 5) is 22.1. The molecule has 1 aromatic rings. The topological polar surface area (TPSA) is 48.3 Å². The Labute approximate surface area is 96.3 Å². The Balaban J connectivity index is 2.91. The summed E-state index contributed by atoms with van der Waals surface area (Å²) in [5.41, 5.74) is -0.130. The minimum Gasteiger partial charge on any atom is -0.443 e. The molecule has 0 aliphatic heterocycles. The van der Waals surface area contributed by atoms with E-state index < -0.39 is 11.7 Å². The van der Waals surface area contributed by atoms with Crippen LogP contribution in [0.2, 0.25) is 0 Å². The van der Waals surface area contributed by atoms with Crippen molar-refractivity contribution in [1.29, 1.82) is 0 Å². The lowest BCUT2D eigenvalue weighted by atomic mass is 10.2. The molecule has 0 N–H and O–H groups in total. The second-order valence-electron chi connectivity index (χ2n) is 4.06. The van der Waals surface area contributed by atoms with Gasteiger partial charge in [-0.05, 0) is 42.8 Å². The highest BCUT2D eigenvalue weighted by Gasteiger charge is 2.19. The van der Waals surface area contributed by atoms with Crippen LogP contribution >= 0.6 is 15.9 Å². The summed E-state index contributed by atoms with van der Waals surface area (Å²) >= 11 is 3.17. The fourth-order valence-corrected chi connectivity index (χ4v) is 1.48. The fourth-order valence-electron chi connectivity index (χ4n) is 0.971. The summed E-state index contributed by atoms with van der Waals surface area (Å²) in [5.74, 6) is 0. The number of halogens is 1. The van der Waals surface area contributed by atoms with Crippen LogP contribution in [0.25, 0.3) is 0 Å². The van der Waals surface area contributed by atoms with E-state index in [4.69, 9.17) is 4.74 Å². The lowest BCUT2D eigenvalue weighted by molar-refractivity contribution is 0.0534. The molecule has 1 heterocycles. The number of carbonyl (C=O) groups excluding carboxylic acids is 2. The predicted octanol–water partition coefficient (Wildman–Crippen LogP) is 2.85. The molecule has 0 aliphatic carbocycles. The van der Waals surface area contributed by atoms with Gasteiger partial charge in [-0.25, -0.2) is 9.36 Å². The molecule has 82 valence electrons. The average molecular weight is 274 g/mol. The Bertz CT molecular complexity index is 390. The number of ether oxygens (including phenoxy) is 1. The Kier molecular flexibility index (Phi) is 3.34. The van der Waals surface area contributed by atoms with E-state index in [0.717, 1.165) is 0 Å². The van der Waals surface area contributed by atoms with E-state index in [2.05, 4.69) is 15.9 Å². The zero-order valence-corrected chi connectivity index (χ0v) is 10.4. The van der Waals surface area contributed by atoms with Crippen LogP contribution in [0.4, 0.5) is 4.79 Å². The van der Waals surface area contributed by atoms with Crippen molar-refractivity contribution in [3.63, 3.8) is 0 Å². The van der Waals surface area contributed by atoms with Crippen LogP contribution < -0.4 is 0 Å². The largest absolute Gasteiger partial charge is 0.443 e. The first kappa shape index (κ1) is 12.0. The van der Waals surface area contributed by atoms with Crippen LogP contribution in [0, 0.1) is 0 Å². The summed E-state index contributed by atoms with van der Waals surface area (Å²) in [6.07, 6.45) is 1.58. The minimum absolute atomic E-state index is 0.424. The summed E-state index contributed by atoms with van der Waals surface area (Å²) in [6.45, 7) is 5.34. The number of aromatic nitrogens is 1. The van der Waals surface area contributed by atoms with Crippen molar-refractivity contribution in [3.05, 3.63) is 22.4 Å². The van der Waals surface area contributed by atoms with Crippen molar-refractivity contribution in [2.45, 2.75) is 26.4 Å². The molecule has 1 aromatic heterocycles. The van der Waals surface area contributed by atoms with Crippen molar-refractivity contribution in [2.24, 2.45) is 0 Å². The molecular formula is C10H12BrNO3. The molecule has 0 atom stereocenters. The SMILES string of the molecule is CC(C)(C)OC(=O)n1cc(C=O)cc1Br. The van der Waals surface area contributed by atoms with E-state index >= 15 is 0 Å². The van der Waals surface area contributed by atoms with Crippen LogP contribution in [0.5, 0.6) is 0 Å². The van der Waals surface area contributed by atoms with Crippen LogP contribution in [-0.4, -0.2) is 22.5 Å². The first-order chi connectivity index (χ1) is 6.83. The number of carbonyl (C=O) groups is 2. The number of hydrogen-bond donors (Lipinski definition) is 0. The number of aldehydes is 1. The highest BCUT2D eigenvalue weighted by Crippen LogP contribution is 2.17. The predicted molar refractivity (Wildman–Crippen MR) is 59.2 cm³/mol. The van der Waals surface area contributed by atoms with Crippen LogP contribution in [-0.2, 0) is 4.74 Å². The monoisotopic (exact) mass is 273 g/mol. The molecule has 5 heteroatoms. The number of hydrogen-bond acceptors (Lipinski definition) is 3. The van der Waals surface area contributed by atoms with E-state index in [9.17, 15) is 9.59 Å². The Morgan fingerprint density at radius 1 is 1.53 bits per heavy atom. The van der Waals surface area contributed by atoms with Gasteiger partial charge in [0.05, 0.1) is 4.60 Å². The van der Waals surface area contributed by atoms with E-state index in [1.807, 2.05) is 0 Å². The third kappa shape index (κ3) is 3.20. The summed E-state index contributed by atoms with van der Waals surface area (Å²) < 4.78 is 6.88. The minimum atomic E-state index is -0.553. The molecule has 0 radical (unpaired) electrons. The zero-order valence-electron chi connectivity index (χ0n) is 8.78. The first-order valence-electron chi connectivity index (χ1n) is 4.40. The molecule has 0 saturated heterocycles. The third-order valence-electron chi connectivity index (χ3n) is 1.52. The molecule has 0 unspecified atom stereocenters. The van der Waals surface area contributed by atoms with Crippen molar-refractivity contribution >= 4 is 28.3 Å². The van der Waals surface area contributed by atoms with Gasteiger partial charge in [-0.2, -0.15) is 0 Å². The molecule has 1 rings (SSSR count). The summed E-state index contributed by atoms with van der Waals surface area (Å²) in [7, 11) is 0. The van der Waals surface area contributed by atoms with Gasteiger partial charge in [-0.15, -0.1) is 0 Å². The van der Waals surface area contributed by atoms with Gasteiger partial charge >= 0.3 is 6.09 Å². The Morgan fingerprint density at radius 3 is 2.53 bits per heavy atom.